The van der Waals surface area contributed by atoms with Crippen LogP contribution in [0.5, 0.6) is 0 Å². The van der Waals surface area contributed by atoms with Gasteiger partial charge in [-0.15, -0.1) is 0 Å². The van der Waals surface area contributed by atoms with E-state index < -0.39 is 48.5 Å². The smallest absolute Gasteiger partial charge is 0.384 e. The van der Waals surface area contributed by atoms with Gasteiger partial charge in [0.1, 0.15) is 23.3 Å². The van der Waals surface area contributed by atoms with Crippen LogP contribution in [-0.2, 0) is 19.4 Å². The number of amidine groups is 4. The first-order chi connectivity index (χ1) is 11.0. The first-order valence-corrected chi connectivity index (χ1v) is 5.90. The maximum absolute atomic E-state index is 9.27. The average molecular weight is 352 g/mol. The van der Waals surface area contributed by atoms with E-state index in [1.165, 1.54) is 0 Å². The first-order valence-electron chi connectivity index (χ1n) is 5.90. The van der Waals surface area contributed by atoms with Gasteiger partial charge in [-0.1, -0.05) is 20.6 Å². The average Bonchev–Trinajstić information content (AvgIpc) is 2.47. The summed E-state index contributed by atoms with van der Waals surface area (Å²) in [4.78, 5) is 16.6. The van der Waals surface area contributed by atoms with Crippen molar-refractivity contribution >= 4 is 23.3 Å². The summed E-state index contributed by atoms with van der Waals surface area (Å²) in [7, 11) is 0. The second-order valence-corrected chi connectivity index (χ2v) is 4.15. The van der Waals surface area contributed by atoms with Gasteiger partial charge in [0.2, 0.25) is 0 Å². The summed E-state index contributed by atoms with van der Waals surface area (Å²) in [5, 5.41) is 49.4. The molecule has 0 atom stereocenters. The van der Waals surface area contributed by atoms with E-state index in [1.807, 2.05) is 0 Å². The van der Waals surface area contributed by atoms with Crippen LogP contribution in [-0.4, -0.2) is 56.1 Å². The largest absolute Gasteiger partial charge is 0.544 e. The molecule has 0 aliphatic carbocycles. The number of nitrogens with two attached hydrogens (primary N) is 4. The molecule has 1 rings (SSSR count). The molecule has 0 unspecified atom stereocenters. The van der Waals surface area contributed by atoms with Crippen LogP contribution < -0.4 is 22.9 Å². The fourth-order valence-electron chi connectivity index (χ4n) is 1.01. The van der Waals surface area contributed by atoms with Crippen LogP contribution in [0, 0.1) is 0 Å². The van der Waals surface area contributed by atoms with E-state index in [0.29, 0.717) is 0 Å². The van der Waals surface area contributed by atoms with Crippen LogP contribution in [0.1, 0.15) is 12.8 Å². The normalized spacial score (nSPS) is 22.2. The highest BCUT2D eigenvalue weighted by atomic mass is 17.0. The van der Waals surface area contributed by atoms with Crippen molar-refractivity contribution in [1.29, 1.82) is 0 Å². The maximum Gasteiger partial charge on any atom is 0.544 e. The number of oxime groups is 4. The summed E-state index contributed by atoms with van der Waals surface area (Å²) in [6.45, 7) is 0. The molecule has 0 fully saturated rings. The van der Waals surface area contributed by atoms with E-state index in [9.17, 15) is 20.4 Å². The monoisotopic (exact) mass is 352 g/mol. The molecule has 0 radical (unpaired) electrons. The number of nitrogens with zero attached hydrogens (tertiary/aromatic N) is 4. The lowest BCUT2D eigenvalue weighted by Crippen LogP contribution is -2.36. The van der Waals surface area contributed by atoms with Crippen molar-refractivity contribution in [3.63, 3.8) is 0 Å². The molecule has 1 heterocycles. The van der Waals surface area contributed by atoms with Crippen molar-refractivity contribution in [1.82, 2.24) is 0 Å². The molecule has 16 nitrogen and oxygen atoms in total. The Bertz CT molecular complexity index is 476. The van der Waals surface area contributed by atoms with Crippen molar-refractivity contribution in [3.8, 4) is 0 Å². The fourth-order valence-corrected chi connectivity index (χ4v) is 1.01. The molecule has 12 N–H and O–H groups in total. The van der Waals surface area contributed by atoms with Gasteiger partial charge in [-0.2, -0.15) is 0 Å². The lowest BCUT2D eigenvalue weighted by atomic mass is 10.4. The van der Waals surface area contributed by atoms with Crippen LogP contribution in [0.15, 0.2) is 20.6 Å². The fraction of sp³-hybridized carbons (Fsp3) is 0.500. The van der Waals surface area contributed by atoms with E-state index in [4.69, 9.17) is 22.9 Å². The Kier molecular flexibility index (Phi) is 5.89. The van der Waals surface area contributed by atoms with Gasteiger partial charge in [0.15, 0.2) is 0 Å². The highest BCUT2D eigenvalue weighted by Gasteiger charge is 2.31. The van der Waals surface area contributed by atoms with Gasteiger partial charge in [-0.3, -0.25) is 39.8 Å². The zero-order valence-corrected chi connectivity index (χ0v) is 11.9. The first kappa shape index (κ1) is 19.0. The lowest BCUT2D eigenvalue weighted by molar-refractivity contribution is -0.473. The van der Waals surface area contributed by atoms with E-state index in [2.05, 4.69) is 40.0 Å². The summed E-state index contributed by atoms with van der Waals surface area (Å²) >= 11 is 0. The minimum absolute atomic E-state index is 0.426. The summed E-state index contributed by atoms with van der Waals surface area (Å²) in [5.74, 6) is -1.71. The molecule has 1 aliphatic rings. The van der Waals surface area contributed by atoms with Crippen molar-refractivity contribution in [2.24, 2.45) is 43.6 Å². The summed E-state index contributed by atoms with van der Waals surface area (Å²) in [6.07, 6.45) is -7.49. The molecule has 0 aromatic heterocycles. The molecule has 136 valence electrons. The lowest BCUT2D eigenvalue weighted by Gasteiger charge is -2.17. The Morgan fingerprint density at radius 2 is 0.792 bits per heavy atom. The Labute approximate surface area is 133 Å². The predicted octanol–water partition coefficient (Wildman–Crippen LogP) is -4.87. The van der Waals surface area contributed by atoms with Crippen LogP contribution in [0.2, 0.25) is 0 Å². The molecule has 0 bridgehead atoms. The molecule has 0 saturated heterocycles. The topological polar surface area (TPSA) is 271 Å². The molecule has 24 heavy (non-hydrogen) atoms. The summed E-state index contributed by atoms with van der Waals surface area (Å²) in [6, 6.07) is 0. The van der Waals surface area contributed by atoms with E-state index in [-0.39, 0.29) is 0 Å². The minimum atomic E-state index is -3.30. The molecule has 16 heteroatoms. The van der Waals surface area contributed by atoms with Crippen molar-refractivity contribution in [2.45, 2.75) is 25.2 Å². The number of hydrogen-bond donors (Lipinski definition) is 8. The Balaban J connectivity index is 3.02. The Morgan fingerprint density at radius 3 is 1.00 bits per heavy atom. The Hall–Kier alpha value is -3.08. The van der Waals surface area contributed by atoms with Crippen LogP contribution >= 0.6 is 0 Å². The predicted molar refractivity (Wildman–Crippen MR) is 74.4 cm³/mol. The van der Waals surface area contributed by atoms with Gasteiger partial charge in [-0.25, -0.2) is 0 Å². The standard InChI is InChI=1S/C8H16N8O8/c9-3-1-4(10)14-22-8(19,20)24-16-6(12)2-5(11)15-23-7(17,18)21-13-3/h17-20H,1-2H2,(H2,9,13)(H2,10,14)(H2,11,15)(H2,12,16). The van der Waals surface area contributed by atoms with Crippen molar-refractivity contribution in [2.75, 3.05) is 0 Å². The zero-order valence-electron chi connectivity index (χ0n) is 11.9. The Morgan fingerprint density at radius 1 is 0.583 bits per heavy atom. The molecule has 0 spiro atoms. The van der Waals surface area contributed by atoms with Gasteiger partial charge < -0.3 is 22.9 Å². The van der Waals surface area contributed by atoms with Crippen molar-refractivity contribution in [3.05, 3.63) is 0 Å². The van der Waals surface area contributed by atoms with Gasteiger partial charge in [-0.05, 0) is 0 Å². The third-order valence-electron chi connectivity index (χ3n) is 1.85. The van der Waals surface area contributed by atoms with Crippen LogP contribution in [0.25, 0.3) is 0 Å². The highest BCUT2D eigenvalue weighted by Crippen LogP contribution is 2.08. The minimum Gasteiger partial charge on any atom is -0.384 e. The third-order valence-corrected chi connectivity index (χ3v) is 1.85. The molecule has 0 amide bonds. The van der Waals surface area contributed by atoms with Gasteiger partial charge in [0.25, 0.3) is 0 Å². The maximum atomic E-state index is 9.27. The van der Waals surface area contributed by atoms with Crippen LogP contribution in [0.4, 0.5) is 0 Å². The van der Waals surface area contributed by atoms with E-state index >= 15 is 0 Å². The molecule has 0 aromatic carbocycles. The second-order valence-electron chi connectivity index (χ2n) is 4.15. The number of hydrogen-bond acceptors (Lipinski definition) is 16. The van der Waals surface area contributed by atoms with Gasteiger partial charge in [0, 0.05) is 0 Å². The summed E-state index contributed by atoms with van der Waals surface area (Å²) in [5.41, 5.74) is 21.4. The second kappa shape index (κ2) is 7.46. The molecular formula is C8H16N8O8. The van der Waals surface area contributed by atoms with Crippen LogP contribution in [0.3, 0.4) is 0 Å². The van der Waals surface area contributed by atoms with Gasteiger partial charge >= 0.3 is 12.3 Å². The highest BCUT2D eigenvalue weighted by molar-refractivity contribution is 6.01. The molecule has 0 aromatic rings. The number of rotatable bonds is 0. The molecule has 0 saturated carbocycles. The molecular weight excluding hydrogens is 336 g/mol. The quantitative estimate of drug-likeness (QED) is 0.190. The number of aliphatic hydroxyl groups is 4. The van der Waals surface area contributed by atoms with E-state index in [1.54, 1.807) is 0 Å². The third kappa shape index (κ3) is 7.26. The SMILES string of the molecule is NC1=NOC(O)(O)ON=C(N)CC(N)=NOC(O)(O)ON=C(N)C1. The van der Waals surface area contributed by atoms with Crippen molar-refractivity contribution < 1.29 is 39.8 Å². The molecule has 1 aliphatic heterocycles. The van der Waals surface area contributed by atoms with E-state index in [0.717, 1.165) is 0 Å². The zero-order chi connectivity index (χ0) is 18.4. The van der Waals surface area contributed by atoms with Gasteiger partial charge in [0.05, 0.1) is 12.8 Å². The summed E-state index contributed by atoms with van der Waals surface area (Å²) < 4.78 is 0.